The van der Waals surface area contributed by atoms with Crippen LogP contribution in [0, 0.1) is 0 Å². The Labute approximate surface area is 314 Å². The maximum atomic E-state index is 13.6. The third-order valence-corrected chi connectivity index (χ3v) is 9.29. The lowest BCUT2D eigenvalue weighted by Gasteiger charge is -2.49. The maximum absolute atomic E-state index is 13.6. The number of ether oxygens (including phenoxy) is 3. The summed E-state index contributed by atoms with van der Waals surface area (Å²) in [5.74, 6) is -10.1. The number of carbonyl (C=O) groups is 8. The summed E-state index contributed by atoms with van der Waals surface area (Å²) in [5, 5.41) is 35.0. The van der Waals surface area contributed by atoms with Gasteiger partial charge in [0.15, 0.2) is 17.2 Å². The lowest BCUT2D eigenvalue weighted by molar-refractivity contribution is -0.150. The molecule has 1 fully saturated rings. The van der Waals surface area contributed by atoms with Crippen molar-refractivity contribution in [2.45, 2.75) is 43.9 Å². The molecule has 26 heteroatoms. The van der Waals surface area contributed by atoms with E-state index in [2.05, 4.69) is 31.0 Å². The van der Waals surface area contributed by atoms with Crippen molar-refractivity contribution in [2.75, 3.05) is 17.2 Å². The van der Waals surface area contributed by atoms with Gasteiger partial charge < -0.3 is 44.7 Å². The number of β-lactam (4-membered cyclic amide) rings is 1. The molecular weight excluding hydrogens is 779 g/mol. The first-order valence-corrected chi connectivity index (χ1v) is 17.1. The van der Waals surface area contributed by atoms with Gasteiger partial charge in [-0.1, -0.05) is 16.9 Å². The number of carbonyl (C=O) groups excluding carboxylic acids is 6. The van der Waals surface area contributed by atoms with Crippen LogP contribution in [0.2, 0.25) is 0 Å². The van der Waals surface area contributed by atoms with E-state index in [1.807, 2.05) is 0 Å². The van der Waals surface area contributed by atoms with Crippen LogP contribution in [0.15, 0.2) is 44.4 Å². The van der Waals surface area contributed by atoms with Crippen LogP contribution in [-0.4, -0.2) is 117 Å². The minimum absolute atomic E-state index is 0.0187. The predicted octanol–water partition coefficient (Wildman–Crippen LogP) is -0.804. The molecule has 2 aliphatic heterocycles. The molecule has 0 bridgehead atoms. The van der Waals surface area contributed by atoms with Gasteiger partial charge >= 0.3 is 35.8 Å². The van der Waals surface area contributed by atoms with Gasteiger partial charge in [-0.15, -0.1) is 16.9 Å². The number of aliphatic carboxylic acids is 2. The van der Waals surface area contributed by atoms with Crippen LogP contribution >= 0.6 is 23.5 Å². The summed E-state index contributed by atoms with van der Waals surface area (Å²) in [6, 6.07) is 0.0737. The monoisotopic (exact) mass is 803 g/mol. The Hall–Kier alpha value is -6.83. The van der Waals surface area contributed by atoms with Gasteiger partial charge in [0, 0.05) is 32.3 Å². The first-order chi connectivity index (χ1) is 26.0. The summed E-state index contributed by atoms with van der Waals surface area (Å²) >= 11 is 2.07. The second-order valence-electron chi connectivity index (χ2n) is 10.9. The number of anilines is 1. The number of thioether (sulfide) groups is 2. The lowest BCUT2D eigenvalue weighted by Crippen LogP contribution is -2.71. The van der Waals surface area contributed by atoms with E-state index in [1.165, 1.54) is 0 Å². The smallest absolute Gasteiger partial charge is 0.366 e. The van der Waals surface area contributed by atoms with Crippen molar-refractivity contribution < 1.29 is 72.0 Å². The Balaban J connectivity index is 1.37. The molecule has 2 amide bonds. The fourth-order valence-electron chi connectivity index (χ4n) is 4.82. The van der Waals surface area contributed by atoms with E-state index in [-0.39, 0.29) is 28.1 Å². The summed E-state index contributed by atoms with van der Waals surface area (Å²) in [5.41, 5.74) is 3.94. The molecule has 288 valence electrons. The van der Waals surface area contributed by atoms with Crippen LogP contribution in [0.5, 0.6) is 17.2 Å². The molecule has 2 aliphatic rings. The number of fused-ring (bicyclic) bond motifs is 1. The molecular formula is C29H25N9O15S2. The zero-order valence-electron chi connectivity index (χ0n) is 28.2. The number of oxazole rings is 1. The summed E-state index contributed by atoms with van der Waals surface area (Å²) in [7, 11) is 0. The Bertz CT molecular complexity index is 2160. The number of tetrazole rings is 1. The van der Waals surface area contributed by atoms with E-state index in [0.717, 1.165) is 72.3 Å². The van der Waals surface area contributed by atoms with E-state index in [4.69, 9.17) is 34.3 Å². The Kier molecular flexibility index (Phi) is 11.8. The number of carboxylic acid groups (broad SMARTS) is 2. The number of benzene rings is 1. The molecule has 0 saturated carbocycles. The van der Waals surface area contributed by atoms with Crippen LogP contribution in [0.3, 0.4) is 0 Å². The molecule has 55 heavy (non-hydrogen) atoms. The first-order valence-electron chi connectivity index (χ1n) is 15.1. The van der Waals surface area contributed by atoms with Crippen molar-refractivity contribution in [3.63, 3.8) is 0 Å². The molecule has 4 heterocycles. The van der Waals surface area contributed by atoms with Crippen LogP contribution in [0.1, 0.15) is 36.8 Å². The van der Waals surface area contributed by atoms with Crippen molar-refractivity contribution >= 4 is 82.9 Å². The number of nitrogens with one attached hydrogen (secondary N) is 1. The number of hydrogen-bond donors (Lipinski definition) is 4. The zero-order valence-corrected chi connectivity index (χ0v) is 29.9. The van der Waals surface area contributed by atoms with Crippen molar-refractivity contribution in [3.05, 3.63) is 40.9 Å². The number of nitrogens with two attached hydrogens (primary N) is 1. The number of nitrogens with zero attached hydrogens (tertiary/aromatic N) is 7. The number of esters is 3. The fourth-order valence-corrected chi connectivity index (χ4v) is 7.19. The topological polar surface area (TPSA) is 337 Å². The average molecular weight is 804 g/mol. The minimum Gasteiger partial charge on any atom is -0.480 e. The molecule has 1 saturated heterocycles. The summed E-state index contributed by atoms with van der Waals surface area (Å²) in [6.07, 6.45) is 0.888. The Morgan fingerprint density at radius 3 is 2.27 bits per heavy atom. The molecule has 24 nitrogen and oxygen atoms in total. The SMILES string of the molecule is CC(=O)Oc1cc(C(=O)O/N=C(\C(=O)N[C@@H]2C(=O)N3C(C(=O)O)=C(CSc4nnnn4CC(=O)O)CS[C@H]23)c2coc(N)n2)cc(OC(C)=O)c1OC(C)=O. The maximum Gasteiger partial charge on any atom is 0.366 e. The summed E-state index contributed by atoms with van der Waals surface area (Å²) in [4.78, 5) is 108. The first kappa shape index (κ1) is 39.4. The van der Waals surface area contributed by atoms with Gasteiger partial charge in [-0.3, -0.25) is 33.7 Å². The average Bonchev–Trinajstić information content (AvgIpc) is 3.73. The van der Waals surface area contributed by atoms with Crippen LogP contribution in [0.25, 0.3) is 0 Å². The van der Waals surface area contributed by atoms with Gasteiger partial charge in [0.25, 0.3) is 17.8 Å². The highest BCUT2D eigenvalue weighted by Crippen LogP contribution is 2.42. The van der Waals surface area contributed by atoms with E-state index in [9.17, 15) is 43.5 Å². The van der Waals surface area contributed by atoms with Gasteiger partial charge in [-0.2, -0.15) is 4.98 Å². The third-order valence-electron chi connectivity index (χ3n) is 6.91. The number of rotatable bonds is 14. The third kappa shape index (κ3) is 9.04. The summed E-state index contributed by atoms with van der Waals surface area (Å²) < 4.78 is 21.0. The van der Waals surface area contributed by atoms with Gasteiger partial charge in [-0.25, -0.2) is 14.3 Å². The number of carboxylic acids is 2. The molecule has 1 aromatic carbocycles. The predicted molar refractivity (Wildman–Crippen MR) is 179 cm³/mol. The number of aromatic nitrogens is 5. The number of nitrogen functional groups attached to an aromatic ring is 1. The largest absolute Gasteiger partial charge is 0.480 e. The normalized spacial score (nSPS) is 16.4. The minimum atomic E-state index is -1.44. The van der Waals surface area contributed by atoms with Crippen molar-refractivity contribution in [1.82, 2.24) is 35.4 Å². The lowest BCUT2D eigenvalue weighted by atomic mass is 10.0. The van der Waals surface area contributed by atoms with Crippen LogP contribution in [0.4, 0.5) is 6.01 Å². The van der Waals surface area contributed by atoms with Crippen molar-refractivity contribution in [2.24, 2.45) is 5.16 Å². The van der Waals surface area contributed by atoms with Crippen molar-refractivity contribution in [1.29, 1.82) is 0 Å². The van der Waals surface area contributed by atoms with E-state index >= 15 is 0 Å². The molecule has 0 aliphatic carbocycles. The van der Waals surface area contributed by atoms with Crippen molar-refractivity contribution in [3.8, 4) is 17.2 Å². The van der Waals surface area contributed by atoms with Gasteiger partial charge in [-0.05, 0) is 28.1 Å². The van der Waals surface area contributed by atoms with Gasteiger partial charge in [0.05, 0.1) is 5.56 Å². The molecule has 5 N–H and O–H groups in total. The standard InChI is InChI=1S/C29H25N9O15S2/c1-10(39)50-16-4-13(5-17(51-11(2)40)22(16)52-12(3)41)27(48)53-34-19(15-7-49-28(30)31-15)23(44)32-20-24(45)38-21(26(46)47)14(8-54-25(20)38)9-55-29-33-35-36-37(29)6-18(42)43/h4-5,7,20,25H,6,8-9H2,1-3H3,(H2,30,31)(H,32,44)(H,42,43)(H,46,47)/b34-19-/t20-,25-/m1/s1. The number of hydrogen-bond acceptors (Lipinski definition) is 21. The molecule has 0 unspecified atom stereocenters. The summed E-state index contributed by atoms with van der Waals surface area (Å²) in [6.45, 7) is 2.48. The number of amides is 2. The zero-order chi connectivity index (χ0) is 40.1. The second-order valence-corrected chi connectivity index (χ2v) is 12.9. The van der Waals surface area contributed by atoms with Gasteiger partial charge in [0.2, 0.25) is 10.9 Å². The second kappa shape index (κ2) is 16.5. The quantitative estimate of drug-likeness (QED) is 0.0295. The number of oxime groups is 1. The molecule has 3 aromatic rings. The highest BCUT2D eigenvalue weighted by Gasteiger charge is 2.54. The highest BCUT2D eigenvalue weighted by molar-refractivity contribution is 8.01. The Morgan fingerprint density at radius 2 is 1.71 bits per heavy atom. The molecule has 2 atom stereocenters. The van der Waals surface area contributed by atoms with Gasteiger partial charge in [0.1, 0.15) is 35.6 Å². The molecule has 2 aromatic heterocycles. The fraction of sp³-hybridized carbons (Fsp3) is 0.276. The molecule has 5 rings (SSSR count). The highest BCUT2D eigenvalue weighted by atomic mass is 32.2. The van der Waals surface area contributed by atoms with E-state index < -0.39 is 100 Å². The van der Waals surface area contributed by atoms with E-state index in [0.29, 0.717) is 5.57 Å². The van der Waals surface area contributed by atoms with E-state index in [1.54, 1.807) is 0 Å². The molecule has 0 spiro atoms. The Morgan fingerprint density at radius 1 is 1.05 bits per heavy atom. The van der Waals surface area contributed by atoms with Crippen LogP contribution in [-0.2, 0) is 44.9 Å². The van der Waals surface area contributed by atoms with Crippen LogP contribution < -0.4 is 25.3 Å². The molecule has 0 radical (unpaired) electrons.